The van der Waals surface area contributed by atoms with Gasteiger partial charge in [0.05, 0.1) is 7.11 Å². The molecule has 0 aliphatic heterocycles. The Kier molecular flexibility index (Phi) is 4.70. The number of ether oxygens (including phenoxy) is 1. The number of carbonyl (C=O) groups excluding carboxylic acids is 1. The molecule has 1 atom stereocenters. The Hall–Kier alpha value is -1.64. The van der Waals surface area contributed by atoms with Gasteiger partial charge in [0, 0.05) is 6.21 Å². The zero-order valence-corrected chi connectivity index (χ0v) is 9.88. The zero-order chi connectivity index (χ0) is 12.0. The number of benzene rings is 1. The van der Waals surface area contributed by atoms with Crippen molar-refractivity contribution in [3.05, 3.63) is 35.9 Å². The normalized spacial score (nSPS) is 13.0. The molecule has 0 aliphatic carbocycles. The number of rotatable bonds is 4. The minimum absolute atomic E-state index is 0.132. The molecule has 1 rings (SSSR count). The van der Waals surface area contributed by atoms with Crippen molar-refractivity contribution in [3.8, 4) is 0 Å². The third-order valence-electron chi connectivity index (χ3n) is 2.26. The minimum Gasteiger partial charge on any atom is -0.467 e. The largest absolute Gasteiger partial charge is 0.467 e. The number of carbonyl (C=O) groups is 1. The van der Waals surface area contributed by atoms with Crippen molar-refractivity contribution in [3.63, 3.8) is 0 Å². The highest BCUT2D eigenvalue weighted by atomic mass is 16.5. The van der Waals surface area contributed by atoms with Crippen LogP contribution in [-0.4, -0.2) is 25.3 Å². The van der Waals surface area contributed by atoms with Gasteiger partial charge in [0.15, 0.2) is 0 Å². The van der Waals surface area contributed by atoms with Crippen LogP contribution in [0.1, 0.15) is 19.4 Å². The van der Waals surface area contributed by atoms with Crippen LogP contribution in [0.2, 0.25) is 0 Å². The Balaban J connectivity index is 2.76. The molecule has 0 aromatic heterocycles. The maximum Gasteiger partial charge on any atom is 0.330 e. The molecule has 0 amide bonds. The van der Waals surface area contributed by atoms with E-state index in [2.05, 4.69) is 4.99 Å². The lowest BCUT2D eigenvalue weighted by Gasteiger charge is -2.13. The lowest BCUT2D eigenvalue weighted by atomic mass is 10.1. The monoisotopic (exact) mass is 220 g/mol. The fourth-order valence-electron chi connectivity index (χ4n) is 1.33. The molecule has 1 unspecified atom stereocenters. The average Bonchev–Trinajstić information content (AvgIpc) is 2.30. The summed E-state index contributed by atoms with van der Waals surface area (Å²) in [7, 11) is 1.38. The first kappa shape index (κ1) is 12.4. The first-order valence-electron chi connectivity index (χ1n) is 5.31. The molecule has 3 heteroatoms. The summed E-state index contributed by atoms with van der Waals surface area (Å²) in [6, 6.07) is 9.27. The topological polar surface area (TPSA) is 38.7 Å². The Bertz CT molecular complexity index is 357. The molecule has 1 aromatic carbocycles. The summed E-state index contributed by atoms with van der Waals surface area (Å²) in [6.45, 7) is 3.90. The van der Waals surface area contributed by atoms with Gasteiger partial charge in [-0.2, -0.15) is 0 Å². The van der Waals surface area contributed by atoms with Gasteiger partial charge in [0.1, 0.15) is 6.04 Å². The van der Waals surface area contributed by atoms with Crippen LogP contribution in [-0.2, 0) is 9.53 Å². The fourth-order valence-corrected chi connectivity index (χ4v) is 1.33. The third kappa shape index (κ3) is 3.50. The second-order valence-corrected chi connectivity index (χ2v) is 3.90. The molecular weight excluding hydrogens is 203 g/mol. The Morgan fingerprint density at radius 3 is 2.44 bits per heavy atom. The summed E-state index contributed by atoms with van der Waals surface area (Å²) in [5, 5.41) is 0. The molecular formula is C13H17NO2. The maximum atomic E-state index is 11.4. The minimum atomic E-state index is -0.426. The summed E-state index contributed by atoms with van der Waals surface area (Å²) in [5.41, 5.74) is 0.983. The van der Waals surface area contributed by atoms with Crippen molar-refractivity contribution in [2.45, 2.75) is 19.9 Å². The van der Waals surface area contributed by atoms with E-state index in [9.17, 15) is 4.79 Å². The van der Waals surface area contributed by atoms with Crippen LogP contribution in [0.25, 0.3) is 0 Å². The van der Waals surface area contributed by atoms with E-state index in [0.29, 0.717) is 0 Å². The van der Waals surface area contributed by atoms with Crippen LogP contribution in [0.4, 0.5) is 0 Å². The van der Waals surface area contributed by atoms with Crippen molar-refractivity contribution in [2.75, 3.05) is 7.11 Å². The van der Waals surface area contributed by atoms with Gasteiger partial charge in [-0.1, -0.05) is 44.2 Å². The molecule has 0 saturated heterocycles. The number of nitrogens with zero attached hydrogens (tertiary/aromatic N) is 1. The first-order valence-corrected chi connectivity index (χ1v) is 5.31. The highest BCUT2D eigenvalue weighted by Crippen LogP contribution is 2.08. The Labute approximate surface area is 96.2 Å². The average molecular weight is 220 g/mol. The van der Waals surface area contributed by atoms with Crippen LogP contribution in [0.5, 0.6) is 0 Å². The molecule has 0 N–H and O–H groups in total. The van der Waals surface area contributed by atoms with Crippen LogP contribution in [0, 0.1) is 5.92 Å². The van der Waals surface area contributed by atoms with E-state index in [1.807, 2.05) is 44.2 Å². The van der Waals surface area contributed by atoms with Gasteiger partial charge in [0.25, 0.3) is 0 Å². The van der Waals surface area contributed by atoms with Crippen LogP contribution in [0.15, 0.2) is 35.3 Å². The van der Waals surface area contributed by atoms with E-state index in [4.69, 9.17) is 4.74 Å². The van der Waals surface area contributed by atoms with Gasteiger partial charge in [-0.3, -0.25) is 4.99 Å². The quantitative estimate of drug-likeness (QED) is 0.443. The molecule has 0 radical (unpaired) electrons. The van der Waals surface area contributed by atoms with Gasteiger partial charge in [-0.25, -0.2) is 4.79 Å². The summed E-state index contributed by atoms with van der Waals surface area (Å²) in [5.74, 6) is -0.158. The van der Waals surface area contributed by atoms with Crippen molar-refractivity contribution in [1.29, 1.82) is 0 Å². The first-order chi connectivity index (χ1) is 7.65. The van der Waals surface area contributed by atoms with E-state index in [1.165, 1.54) is 7.11 Å². The molecule has 16 heavy (non-hydrogen) atoms. The standard InChI is InChI=1S/C13H17NO2/c1-10(2)12(13(15)16-3)14-9-11-7-5-4-6-8-11/h4-10,12H,1-3H3/i14+1. The summed E-state index contributed by atoms with van der Waals surface area (Å²) in [4.78, 5) is 15.7. The van der Waals surface area contributed by atoms with Gasteiger partial charge in [-0.15, -0.1) is 0 Å². The number of hydrogen-bond donors (Lipinski definition) is 0. The Morgan fingerprint density at radius 2 is 1.94 bits per heavy atom. The van der Waals surface area contributed by atoms with Crippen molar-refractivity contribution in [1.82, 2.24) is 0 Å². The van der Waals surface area contributed by atoms with E-state index in [0.717, 1.165) is 5.56 Å². The zero-order valence-electron chi connectivity index (χ0n) is 9.88. The van der Waals surface area contributed by atoms with Crippen molar-refractivity contribution < 1.29 is 9.53 Å². The van der Waals surface area contributed by atoms with Crippen LogP contribution >= 0.6 is 0 Å². The van der Waals surface area contributed by atoms with Gasteiger partial charge >= 0.3 is 5.97 Å². The molecule has 0 bridgehead atoms. The van der Waals surface area contributed by atoms with Crippen molar-refractivity contribution >= 4 is 12.2 Å². The van der Waals surface area contributed by atoms with E-state index >= 15 is 0 Å². The second kappa shape index (κ2) is 6.05. The summed E-state index contributed by atoms with van der Waals surface area (Å²) >= 11 is 0. The van der Waals surface area contributed by atoms with E-state index in [-0.39, 0.29) is 11.9 Å². The molecule has 0 saturated carbocycles. The van der Waals surface area contributed by atoms with Crippen LogP contribution < -0.4 is 0 Å². The third-order valence-corrected chi connectivity index (χ3v) is 2.26. The van der Waals surface area contributed by atoms with Crippen molar-refractivity contribution in [2.24, 2.45) is 10.9 Å². The van der Waals surface area contributed by atoms with Gasteiger partial charge < -0.3 is 4.74 Å². The molecule has 0 fully saturated rings. The number of methoxy groups -OCH3 is 1. The lowest BCUT2D eigenvalue weighted by Crippen LogP contribution is -2.25. The van der Waals surface area contributed by atoms with Gasteiger partial charge in [-0.05, 0) is 11.5 Å². The molecule has 0 heterocycles. The predicted octanol–water partition coefficient (Wildman–Crippen LogP) is 2.30. The smallest absolute Gasteiger partial charge is 0.330 e. The molecule has 0 spiro atoms. The highest BCUT2D eigenvalue weighted by molar-refractivity contribution is 5.84. The van der Waals surface area contributed by atoms with E-state index < -0.39 is 6.04 Å². The number of aliphatic imine (C=N–C) groups is 1. The summed E-state index contributed by atoms with van der Waals surface area (Å²) in [6.07, 6.45) is 1.71. The van der Waals surface area contributed by atoms with Gasteiger partial charge in [0.2, 0.25) is 0 Å². The second-order valence-electron chi connectivity index (χ2n) is 3.90. The highest BCUT2D eigenvalue weighted by Gasteiger charge is 2.20. The molecule has 0 aliphatic rings. The maximum absolute atomic E-state index is 11.4. The number of hydrogen-bond acceptors (Lipinski definition) is 3. The SMILES string of the molecule is COC(=O)C([15N]=Cc1ccccc1)C(C)C. The number of esters is 1. The molecule has 1 aromatic rings. The lowest BCUT2D eigenvalue weighted by molar-refractivity contribution is -0.143. The fraction of sp³-hybridized carbons (Fsp3) is 0.385. The predicted molar refractivity (Wildman–Crippen MR) is 64.7 cm³/mol. The summed E-state index contributed by atoms with van der Waals surface area (Å²) < 4.78 is 4.71. The van der Waals surface area contributed by atoms with E-state index in [1.54, 1.807) is 6.21 Å². The molecule has 86 valence electrons. The molecule has 3 nitrogen and oxygen atoms in total. The van der Waals surface area contributed by atoms with Crippen LogP contribution in [0.3, 0.4) is 0 Å². The Morgan fingerprint density at radius 1 is 1.31 bits per heavy atom.